The van der Waals surface area contributed by atoms with Crippen molar-refractivity contribution in [3.8, 4) is 0 Å². The van der Waals surface area contributed by atoms with Crippen molar-refractivity contribution >= 4 is 15.9 Å². The number of hydrogen-bond donors (Lipinski definition) is 3. The predicted molar refractivity (Wildman–Crippen MR) is 80.9 cm³/mol. The third-order valence-corrected chi connectivity index (χ3v) is 3.94. The van der Waals surface area contributed by atoms with E-state index in [1.165, 1.54) is 24.4 Å². The fraction of sp³-hybridized carbons (Fsp3) is 0.143. The SMILES string of the molecule is NS(=O)(=O)c1ccc(CCNC(=O)c2ccc[nH]c2=O)cc1. The van der Waals surface area contributed by atoms with E-state index < -0.39 is 21.5 Å². The highest BCUT2D eigenvalue weighted by Crippen LogP contribution is 2.08. The molecule has 22 heavy (non-hydrogen) atoms. The first kappa shape index (κ1) is 15.9. The van der Waals surface area contributed by atoms with Crippen LogP contribution in [-0.2, 0) is 16.4 Å². The largest absolute Gasteiger partial charge is 0.352 e. The normalized spacial score (nSPS) is 11.1. The molecule has 0 unspecified atom stereocenters. The minimum atomic E-state index is -3.70. The Morgan fingerprint density at radius 2 is 1.86 bits per heavy atom. The van der Waals surface area contributed by atoms with Crippen LogP contribution in [0, 0.1) is 0 Å². The van der Waals surface area contributed by atoms with Gasteiger partial charge in [-0.05, 0) is 36.2 Å². The first-order chi connectivity index (χ1) is 10.4. The standard InChI is InChI=1S/C14H15N3O4S/c15-22(20,21)11-5-3-10(4-6-11)7-9-17-14(19)12-2-1-8-16-13(12)18/h1-6,8H,7,9H2,(H,16,18)(H,17,19)(H2,15,20,21). The lowest BCUT2D eigenvalue weighted by atomic mass is 10.1. The summed E-state index contributed by atoms with van der Waals surface area (Å²) in [5, 5.41) is 7.64. The van der Waals surface area contributed by atoms with Crippen molar-refractivity contribution in [3.63, 3.8) is 0 Å². The van der Waals surface area contributed by atoms with Crippen molar-refractivity contribution in [2.45, 2.75) is 11.3 Å². The fourth-order valence-electron chi connectivity index (χ4n) is 1.86. The second-order valence-corrected chi connectivity index (χ2v) is 6.17. The molecule has 0 saturated carbocycles. The topological polar surface area (TPSA) is 122 Å². The van der Waals surface area contributed by atoms with Crippen LogP contribution in [0.1, 0.15) is 15.9 Å². The van der Waals surface area contributed by atoms with Gasteiger partial charge in [-0.15, -0.1) is 0 Å². The maximum absolute atomic E-state index is 11.8. The summed E-state index contributed by atoms with van der Waals surface area (Å²) >= 11 is 0. The van der Waals surface area contributed by atoms with Crippen molar-refractivity contribution in [2.75, 3.05) is 6.54 Å². The zero-order valence-electron chi connectivity index (χ0n) is 11.6. The van der Waals surface area contributed by atoms with Crippen LogP contribution in [0.3, 0.4) is 0 Å². The van der Waals surface area contributed by atoms with Crippen LogP contribution < -0.4 is 16.0 Å². The average Bonchev–Trinajstić information content (AvgIpc) is 2.47. The predicted octanol–water partition coefficient (Wildman–Crippen LogP) is -0.00520. The number of benzene rings is 1. The Kier molecular flexibility index (Phi) is 4.74. The molecule has 4 N–H and O–H groups in total. The Bertz CT molecular complexity index is 826. The number of nitrogens with one attached hydrogen (secondary N) is 2. The molecule has 0 spiro atoms. The minimum absolute atomic E-state index is 0.0381. The summed E-state index contributed by atoms with van der Waals surface area (Å²) in [7, 11) is -3.70. The zero-order valence-corrected chi connectivity index (χ0v) is 12.4. The van der Waals surface area contributed by atoms with E-state index in [1.54, 1.807) is 18.2 Å². The molecule has 0 atom stereocenters. The molecule has 0 fully saturated rings. The lowest BCUT2D eigenvalue weighted by Crippen LogP contribution is -2.30. The molecule has 116 valence electrons. The molecule has 0 bridgehead atoms. The molecule has 0 aliphatic heterocycles. The number of rotatable bonds is 5. The van der Waals surface area contributed by atoms with Gasteiger partial charge < -0.3 is 10.3 Å². The van der Waals surface area contributed by atoms with E-state index in [0.717, 1.165) is 5.56 Å². The third-order valence-electron chi connectivity index (χ3n) is 3.01. The number of sulfonamides is 1. The lowest BCUT2D eigenvalue weighted by Gasteiger charge is -2.05. The molecule has 2 rings (SSSR count). The van der Waals surface area contributed by atoms with Crippen molar-refractivity contribution < 1.29 is 13.2 Å². The third kappa shape index (κ3) is 4.03. The molecule has 1 aromatic carbocycles. The van der Waals surface area contributed by atoms with Crippen LogP contribution in [-0.4, -0.2) is 25.9 Å². The van der Waals surface area contributed by atoms with Crippen molar-refractivity contribution in [3.05, 3.63) is 64.1 Å². The number of carbonyl (C=O) groups excluding carboxylic acids is 1. The first-order valence-electron chi connectivity index (χ1n) is 6.45. The molecular formula is C14H15N3O4S. The smallest absolute Gasteiger partial charge is 0.260 e. The van der Waals surface area contributed by atoms with Gasteiger partial charge in [-0.2, -0.15) is 0 Å². The number of aromatic nitrogens is 1. The van der Waals surface area contributed by atoms with Gasteiger partial charge in [-0.3, -0.25) is 9.59 Å². The molecule has 0 radical (unpaired) electrons. The maximum atomic E-state index is 11.8. The van der Waals surface area contributed by atoms with Gasteiger partial charge in [0.05, 0.1) is 4.90 Å². The monoisotopic (exact) mass is 321 g/mol. The quantitative estimate of drug-likeness (QED) is 0.717. The van der Waals surface area contributed by atoms with Crippen LogP contribution in [0.4, 0.5) is 0 Å². The number of nitrogens with two attached hydrogens (primary N) is 1. The number of H-pyrrole nitrogens is 1. The summed E-state index contributed by atoms with van der Waals surface area (Å²) < 4.78 is 22.2. The van der Waals surface area contributed by atoms with Gasteiger partial charge in [0.1, 0.15) is 5.56 Å². The molecule has 2 aromatic rings. The summed E-state index contributed by atoms with van der Waals surface area (Å²) in [6.45, 7) is 0.321. The number of primary sulfonamides is 1. The maximum Gasteiger partial charge on any atom is 0.260 e. The van der Waals surface area contributed by atoms with Crippen molar-refractivity contribution in [1.29, 1.82) is 0 Å². The van der Waals surface area contributed by atoms with E-state index in [-0.39, 0.29) is 10.5 Å². The summed E-state index contributed by atoms with van der Waals surface area (Å²) in [5.74, 6) is -0.456. The van der Waals surface area contributed by atoms with E-state index >= 15 is 0 Å². The van der Waals surface area contributed by atoms with Crippen LogP contribution in [0.5, 0.6) is 0 Å². The number of aromatic amines is 1. The van der Waals surface area contributed by atoms with Crippen molar-refractivity contribution in [2.24, 2.45) is 5.14 Å². The molecular weight excluding hydrogens is 306 g/mol. The molecule has 1 amide bonds. The van der Waals surface area contributed by atoms with Crippen LogP contribution in [0.25, 0.3) is 0 Å². The molecule has 0 saturated heterocycles. The van der Waals surface area contributed by atoms with E-state index in [9.17, 15) is 18.0 Å². The number of carbonyl (C=O) groups is 1. The Labute approximate surface area is 127 Å². The van der Waals surface area contributed by atoms with E-state index in [0.29, 0.717) is 13.0 Å². The van der Waals surface area contributed by atoms with Crippen molar-refractivity contribution in [1.82, 2.24) is 10.3 Å². The highest BCUT2D eigenvalue weighted by molar-refractivity contribution is 7.89. The minimum Gasteiger partial charge on any atom is -0.352 e. The summed E-state index contributed by atoms with van der Waals surface area (Å²) in [5.41, 5.74) is 0.444. The highest BCUT2D eigenvalue weighted by atomic mass is 32.2. The fourth-order valence-corrected chi connectivity index (χ4v) is 2.38. The molecule has 1 aromatic heterocycles. The van der Waals surface area contributed by atoms with Crippen LogP contribution in [0.2, 0.25) is 0 Å². The van der Waals surface area contributed by atoms with Gasteiger partial charge in [0.25, 0.3) is 11.5 Å². The second-order valence-electron chi connectivity index (χ2n) is 4.61. The molecule has 8 heteroatoms. The molecule has 0 aliphatic rings. The molecule has 0 aliphatic carbocycles. The summed E-state index contributed by atoms with van der Waals surface area (Å²) in [6.07, 6.45) is 1.95. The molecule has 1 heterocycles. The summed E-state index contributed by atoms with van der Waals surface area (Å²) in [6, 6.07) is 9.09. The Hall–Kier alpha value is -2.45. The second kappa shape index (κ2) is 6.54. The molecule has 7 nitrogen and oxygen atoms in total. The Balaban J connectivity index is 1.93. The van der Waals surface area contributed by atoms with Crippen LogP contribution in [0.15, 0.2) is 52.3 Å². The van der Waals surface area contributed by atoms with Gasteiger partial charge in [-0.25, -0.2) is 13.6 Å². The van der Waals surface area contributed by atoms with Gasteiger partial charge in [0, 0.05) is 12.7 Å². The van der Waals surface area contributed by atoms with Gasteiger partial charge >= 0.3 is 0 Å². The number of pyridine rings is 1. The lowest BCUT2D eigenvalue weighted by molar-refractivity contribution is 0.0952. The highest BCUT2D eigenvalue weighted by Gasteiger charge is 2.09. The van der Waals surface area contributed by atoms with Gasteiger partial charge in [0.2, 0.25) is 10.0 Å². The summed E-state index contributed by atoms with van der Waals surface area (Å²) in [4.78, 5) is 25.7. The van der Waals surface area contributed by atoms with E-state index in [1.807, 2.05) is 0 Å². The zero-order chi connectivity index (χ0) is 16.2. The van der Waals surface area contributed by atoms with Gasteiger partial charge in [-0.1, -0.05) is 12.1 Å². The average molecular weight is 321 g/mol. The first-order valence-corrected chi connectivity index (χ1v) is 8.00. The number of amides is 1. The Morgan fingerprint density at radius 3 is 2.45 bits per heavy atom. The number of hydrogen-bond acceptors (Lipinski definition) is 4. The van der Waals surface area contributed by atoms with Crippen LogP contribution >= 0.6 is 0 Å². The van der Waals surface area contributed by atoms with E-state index in [4.69, 9.17) is 5.14 Å². The van der Waals surface area contributed by atoms with Gasteiger partial charge in [0.15, 0.2) is 0 Å². The Morgan fingerprint density at radius 1 is 1.18 bits per heavy atom. The van der Waals surface area contributed by atoms with E-state index in [2.05, 4.69) is 10.3 Å².